The van der Waals surface area contributed by atoms with Crippen molar-refractivity contribution in [3.05, 3.63) is 54.4 Å². The summed E-state index contributed by atoms with van der Waals surface area (Å²) in [7, 11) is 1.17. The number of nitrogens with zero attached hydrogens (tertiary/aromatic N) is 1. The summed E-state index contributed by atoms with van der Waals surface area (Å²) >= 11 is 0. The summed E-state index contributed by atoms with van der Waals surface area (Å²) in [4.78, 5) is 16.4. The number of rotatable bonds is 10. The maximum Gasteiger partial charge on any atom is 0.314 e. The molecule has 0 aliphatic rings. The summed E-state index contributed by atoms with van der Waals surface area (Å²) in [6.45, 7) is 12.2. The molecule has 0 aliphatic heterocycles. The van der Waals surface area contributed by atoms with Gasteiger partial charge in [-0.2, -0.15) is 0 Å². The summed E-state index contributed by atoms with van der Waals surface area (Å²) in [5, 5.41) is 0.167. The van der Waals surface area contributed by atoms with Crippen molar-refractivity contribution in [3.63, 3.8) is 0 Å². The van der Waals surface area contributed by atoms with Crippen LogP contribution in [0.1, 0.15) is 26.7 Å². The van der Waals surface area contributed by atoms with E-state index in [1.807, 2.05) is 48.5 Å². The summed E-state index contributed by atoms with van der Waals surface area (Å²) in [5.74, 6) is 1.94. The van der Waals surface area contributed by atoms with Crippen LogP contribution >= 0.6 is 0 Å². The molecule has 3 rings (SSSR count). The molecule has 0 saturated heterocycles. The average molecular weight is 498 g/mol. The Bertz CT molecular complexity index is 1110. The fourth-order valence-electron chi connectivity index (χ4n) is 3.15. The van der Waals surface area contributed by atoms with Gasteiger partial charge in [0.15, 0.2) is 14.1 Å². The van der Waals surface area contributed by atoms with Gasteiger partial charge in [-0.05, 0) is 66.7 Å². The fourth-order valence-corrected chi connectivity index (χ4v) is 4.18. The van der Waals surface area contributed by atoms with Gasteiger partial charge in [-0.1, -0.05) is 20.8 Å². The third-order valence-corrected chi connectivity index (χ3v) is 10.8. The van der Waals surface area contributed by atoms with Crippen LogP contribution in [0.4, 0.5) is 0 Å². The van der Waals surface area contributed by atoms with E-state index in [9.17, 15) is 4.79 Å². The summed E-state index contributed by atoms with van der Waals surface area (Å²) in [6, 6.07) is 15.1. The largest absolute Gasteiger partial charge is 0.497 e. The maximum atomic E-state index is 11.8. The SMILES string of the molecule is COC(=O)Cc1nc(-c2ccc(OC)cc2)c(-c2ccc(OCCO[Si](C)(C)C(C)(C)C)cc2)o1. The standard InChI is InChI=1S/C27H35NO6Si/c1-27(2,3)35(6,7)33-17-16-32-22-14-10-20(11-15-22)26-25(19-8-12-21(30-4)13-9-19)28-23(34-26)18-24(29)31-5/h8-15H,16-18H2,1-7H3. The van der Waals surface area contributed by atoms with Crippen molar-refractivity contribution in [1.29, 1.82) is 0 Å². The lowest BCUT2D eigenvalue weighted by Crippen LogP contribution is -2.41. The molecule has 0 amide bonds. The Balaban J connectivity index is 1.76. The van der Waals surface area contributed by atoms with Gasteiger partial charge in [0, 0.05) is 11.1 Å². The first-order valence-electron chi connectivity index (χ1n) is 11.6. The second-order valence-electron chi connectivity index (χ2n) is 9.75. The van der Waals surface area contributed by atoms with Gasteiger partial charge in [-0.15, -0.1) is 0 Å². The molecule has 0 saturated carbocycles. The highest BCUT2D eigenvalue weighted by atomic mass is 28.4. The summed E-state index contributed by atoms with van der Waals surface area (Å²) in [6.07, 6.45) is -0.0466. The van der Waals surface area contributed by atoms with Gasteiger partial charge in [0.2, 0.25) is 5.89 Å². The van der Waals surface area contributed by atoms with Crippen molar-refractivity contribution >= 4 is 14.3 Å². The topological polar surface area (TPSA) is 80.0 Å². The first-order chi connectivity index (χ1) is 16.5. The number of hydrogen-bond acceptors (Lipinski definition) is 7. The summed E-state index contributed by atoms with van der Waals surface area (Å²) in [5.41, 5.74) is 2.32. The van der Waals surface area contributed by atoms with Crippen LogP contribution in [0.2, 0.25) is 18.1 Å². The molecule has 0 aliphatic carbocycles. The third-order valence-electron chi connectivity index (χ3n) is 6.30. The van der Waals surface area contributed by atoms with E-state index in [4.69, 9.17) is 23.1 Å². The van der Waals surface area contributed by atoms with E-state index in [2.05, 4.69) is 38.8 Å². The number of carbonyl (C=O) groups is 1. The zero-order valence-electron chi connectivity index (χ0n) is 21.6. The van der Waals surface area contributed by atoms with E-state index in [1.54, 1.807) is 7.11 Å². The zero-order valence-corrected chi connectivity index (χ0v) is 22.6. The van der Waals surface area contributed by atoms with Crippen LogP contribution < -0.4 is 9.47 Å². The molecule has 7 nitrogen and oxygen atoms in total. The molecule has 8 heteroatoms. The Labute approximate surface area is 208 Å². The molecule has 35 heavy (non-hydrogen) atoms. The molecular formula is C27H35NO6Si. The average Bonchev–Trinajstić information content (AvgIpc) is 3.25. The highest BCUT2D eigenvalue weighted by Crippen LogP contribution is 2.37. The summed E-state index contributed by atoms with van der Waals surface area (Å²) < 4.78 is 28.1. The smallest absolute Gasteiger partial charge is 0.314 e. The van der Waals surface area contributed by atoms with Gasteiger partial charge in [-0.25, -0.2) is 4.98 Å². The third kappa shape index (κ3) is 6.73. The van der Waals surface area contributed by atoms with E-state index in [0.29, 0.717) is 30.6 Å². The fraction of sp³-hybridized carbons (Fsp3) is 0.407. The number of oxazole rings is 1. The number of methoxy groups -OCH3 is 2. The van der Waals surface area contributed by atoms with Crippen molar-refractivity contribution < 1.29 is 27.8 Å². The maximum absolute atomic E-state index is 11.8. The van der Waals surface area contributed by atoms with Gasteiger partial charge in [0.1, 0.15) is 30.2 Å². The molecule has 0 fully saturated rings. The van der Waals surface area contributed by atoms with Crippen LogP contribution in [0.5, 0.6) is 11.5 Å². The number of benzene rings is 2. The second-order valence-corrected chi connectivity index (χ2v) is 14.6. The molecule has 1 aromatic heterocycles. The Morgan fingerprint density at radius 3 is 2.09 bits per heavy atom. The van der Waals surface area contributed by atoms with Crippen LogP contribution in [0, 0.1) is 0 Å². The highest BCUT2D eigenvalue weighted by molar-refractivity contribution is 6.74. The predicted octanol–water partition coefficient (Wildman–Crippen LogP) is 6.13. The van der Waals surface area contributed by atoms with E-state index < -0.39 is 14.3 Å². The minimum atomic E-state index is -1.79. The molecule has 1 heterocycles. The molecule has 0 unspecified atom stereocenters. The van der Waals surface area contributed by atoms with E-state index in [1.165, 1.54) is 7.11 Å². The molecule has 3 aromatic rings. The Morgan fingerprint density at radius 2 is 1.51 bits per heavy atom. The first kappa shape index (κ1) is 26.5. The van der Waals surface area contributed by atoms with Crippen LogP contribution in [0.3, 0.4) is 0 Å². The van der Waals surface area contributed by atoms with Crippen molar-refractivity contribution in [1.82, 2.24) is 4.98 Å². The minimum Gasteiger partial charge on any atom is -0.497 e. The van der Waals surface area contributed by atoms with Crippen molar-refractivity contribution in [2.45, 2.75) is 45.3 Å². The van der Waals surface area contributed by atoms with E-state index in [-0.39, 0.29) is 11.5 Å². The van der Waals surface area contributed by atoms with Gasteiger partial charge >= 0.3 is 5.97 Å². The Kier molecular flexibility index (Phi) is 8.40. The molecule has 0 spiro atoms. The molecular weight excluding hydrogens is 462 g/mol. The Morgan fingerprint density at radius 1 is 0.914 bits per heavy atom. The zero-order chi connectivity index (χ0) is 25.6. The van der Waals surface area contributed by atoms with Crippen LogP contribution in [-0.2, 0) is 20.4 Å². The normalized spacial score (nSPS) is 11.9. The number of aromatic nitrogens is 1. The lowest BCUT2D eigenvalue weighted by Gasteiger charge is -2.36. The monoisotopic (exact) mass is 497 g/mol. The quantitative estimate of drug-likeness (QED) is 0.189. The van der Waals surface area contributed by atoms with Gasteiger partial charge in [-0.3, -0.25) is 4.79 Å². The molecule has 0 bridgehead atoms. The second kappa shape index (κ2) is 11.1. The molecule has 0 radical (unpaired) electrons. The predicted molar refractivity (Wildman–Crippen MR) is 138 cm³/mol. The van der Waals surface area contributed by atoms with Crippen LogP contribution in [0.15, 0.2) is 52.9 Å². The highest BCUT2D eigenvalue weighted by Gasteiger charge is 2.36. The van der Waals surface area contributed by atoms with E-state index >= 15 is 0 Å². The van der Waals surface area contributed by atoms with Crippen LogP contribution in [-0.4, -0.2) is 46.7 Å². The number of hydrogen-bond donors (Lipinski definition) is 0. The molecule has 0 N–H and O–H groups in total. The van der Waals surface area contributed by atoms with Gasteiger partial charge in [0.25, 0.3) is 0 Å². The van der Waals surface area contributed by atoms with Crippen molar-refractivity contribution in [2.75, 3.05) is 27.4 Å². The molecule has 188 valence electrons. The Hall–Kier alpha value is -3.10. The van der Waals surface area contributed by atoms with Gasteiger partial charge in [0.05, 0.1) is 20.8 Å². The molecule has 0 atom stereocenters. The minimum absolute atomic E-state index is 0.0466. The number of ether oxygens (including phenoxy) is 3. The van der Waals surface area contributed by atoms with Crippen LogP contribution in [0.25, 0.3) is 22.6 Å². The van der Waals surface area contributed by atoms with Crippen molar-refractivity contribution in [2.24, 2.45) is 0 Å². The van der Waals surface area contributed by atoms with E-state index in [0.717, 1.165) is 22.6 Å². The van der Waals surface area contributed by atoms with Crippen molar-refractivity contribution in [3.8, 4) is 34.1 Å². The first-order valence-corrected chi connectivity index (χ1v) is 14.5. The molecule has 2 aromatic carbocycles. The van der Waals surface area contributed by atoms with Gasteiger partial charge < -0.3 is 23.1 Å². The lowest BCUT2D eigenvalue weighted by molar-refractivity contribution is -0.140. The lowest BCUT2D eigenvalue weighted by atomic mass is 10.1. The number of carbonyl (C=O) groups excluding carboxylic acids is 1. The number of esters is 1.